The lowest BCUT2D eigenvalue weighted by molar-refractivity contribution is 0.0725. The zero-order valence-corrected chi connectivity index (χ0v) is 14.1. The van der Waals surface area contributed by atoms with Crippen LogP contribution >= 0.6 is 11.6 Å². The number of nitrogens with zero attached hydrogens (tertiary/aromatic N) is 5. The molecule has 0 bridgehead atoms. The Hall–Kier alpha value is -2.92. The number of nitriles is 1. The van der Waals surface area contributed by atoms with Crippen LogP contribution in [0.25, 0.3) is 5.57 Å². The number of carbonyl (C=O) groups excluding carboxylic acids is 1. The largest absolute Gasteiger partial charge is 0.360 e. The Morgan fingerprint density at radius 1 is 1.36 bits per heavy atom. The molecule has 1 aliphatic heterocycles. The van der Waals surface area contributed by atoms with Gasteiger partial charge in [0, 0.05) is 24.3 Å². The maximum atomic E-state index is 12.8. The van der Waals surface area contributed by atoms with E-state index in [0.717, 1.165) is 32.4 Å². The van der Waals surface area contributed by atoms with Crippen molar-refractivity contribution in [2.24, 2.45) is 0 Å². The number of H-pyrrole nitrogens is 1. The average Bonchev–Trinajstić information content (AvgIpc) is 3.18. The summed E-state index contributed by atoms with van der Waals surface area (Å²) < 4.78 is 0. The lowest BCUT2D eigenvalue weighted by Crippen LogP contribution is -2.35. The molecule has 2 heterocycles. The van der Waals surface area contributed by atoms with Crippen LogP contribution in [0.1, 0.15) is 35.4 Å². The number of hydrogen-bond acceptors (Lipinski definition) is 6. The number of amides is 1. The molecule has 1 saturated heterocycles. The van der Waals surface area contributed by atoms with E-state index in [-0.39, 0.29) is 17.3 Å². The number of hydrogen-bond donors (Lipinski definition) is 2. The second kappa shape index (κ2) is 7.77. The van der Waals surface area contributed by atoms with Crippen LogP contribution in [0, 0.1) is 11.3 Å². The van der Waals surface area contributed by atoms with Gasteiger partial charge in [0.05, 0.1) is 11.3 Å². The summed E-state index contributed by atoms with van der Waals surface area (Å²) in [6.07, 6.45) is 4.60. The van der Waals surface area contributed by atoms with Gasteiger partial charge < -0.3 is 10.2 Å². The summed E-state index contributed by atoms with van der Waals surface area (Å²) in [6.45, 7) is 1.49. The second-order valence-corrected chi connectivity index (χ2v) is 6.03. The van der Waals surface area contributed by atoms with Crippen LogP contribution in [0.15, 0.2) is 24.4 Å². The van der Waals surface area contributed by atoms with Gasteiger partial charge in [-0.25, -0.2) is 0 Å². The second-order valence-electron chi connectivity index (χ2n) is 5.59. The molecular weight excluding hydrogens is 342 g/mol. The molecule has 1 aromatic carbocycles. The maximum absolute atomic E-state index is 12.8. The molecule has 128 valence electrons. The molecule has 3 rings (SSSR count). The van der Waals surface area contributed by atoms with Crippen molar-refractivity contribution in [2.45, 2.75) is 19.3 Å². The molecule has 2 N–H and O–H groups in total. The number of rotatable bonds is 4. The number of anilines is 1. The van der Waals surface area contributed by atoms with E-state index in [1.807, 2.05) is 11.0 Å². The van der Waals surface area contributed by atoms with Gasteiger partial charge in [-0.2, -0.15) is 10.5 Å². The van der Waals surface area contributed by atoms with Crippen LogP contribution in [0.5, 0.6) is 0 Å². The lowest BCUT2D eigenvalue weighted by Gasteiger charge is -2.27. The smallest absolute Gasteiger partial charge is 0.256 e. The van der Waals surface area contributed by atoms with Crippen molar-refractivity contribution >= 4 is 28.8 Å². The molecule has 1 fully saturated rings. The number of benzene rings is 1. The Kier molecular flexibility index (Phi) is 5.26. The minimum Gasteiger partial charge on any atom is -0.360 e. The van der Waals surface area contributed by atoms with E-state index in [4.69, 9.17) is 11.6 Å². The van der Waals surface area contributed by atoms with Crippen LogP contribution in [0.4, 0.5) is 5.69 Å². The van der Waals surface area contributed by atoms with Gasteiger partial charge in [-0.1, -0.05) is 11.6 Å². The minimum atomic E-state index is -0.0730. The molecule has 9 heteroatoms. The van der Waals surface area contributed by atoms with Crippen molar-refractivity contribution in [3.05, 3.63) is 40.8 Å². The maximum Gasteiger partial charge on any atom is 0.256 e. The highest BCUT2D eigenvalue weighted by molar-refractivity contribution is 6.31. The first-order valence-corrected chi connectivity index (χ1v) is 8.26. The molecule has 0 atom stereocenters. The predicted molar refractivity (Wildman–Crippen MR) is 92.6 cm³/mol. The van der Waals surface area contributed by atoms with Crippen LogP contribution in [-0.4, -0.2) is 44.5 Å². The molecule has 25 heavy (non-hydrogen) atoms. The van der Waals surface area contributed by atoms with Gasteiger partial charge in [-0.3, -0.25) is 4.79 Å². The zero-order chi connectivity index (χ0) is 17.6. The fraction of sp³-hybridized carbons (Fsp3) is 0.312. The van der Waals surface area contributed by atoms with Crippen molar-refractivity contribution in [1.82, 2.24) is 25.5 Å². The Morgan fingerprint density at radius 3 is 2.84 bits per heavy atom. The van der Waals surface area contributed by atoms with E-state index in [1.165, 1.54) is 6.20 Å². The molecule has 2 aromatic rings. The quantitative estimate of drug-likeness (QED) is 0.813. The molecule has 0 unspecified atom stereocenters. The first-order valence-electron chi connectivity index (χ1n) is 7.88. The normalized spacial score (nSPS) is 14.9. The molecule has 1 aliphatic rings. The summed E-state index contributed by atoms with van der Waals surface area (Å²) in [5, 5.41) is 26.0. The molecule has 0 aliphatic carbocycles. The monoisotopic (exact) mass is 357 g/mol. The SMILES string of the molecule is N#CC(=CNc1ccc(Cl)cc1C(=O)N1CCCCC1)c1nn[nH]n1. The molecule has 0 saturated carbocycles. The summed E-state index contributed by atoms with van der Waals surface area (Å²) >= 11 is 6.07. The molecule has 1 aromatic heterocycles. The van der Waals surface area contributed by atoms with Crippen LogP contribution in [0.3, 0.4) is 0 Å². The number of aromatic nitrogens is 4. The number of nitrogens with one attached hydrogen (secondary N) is 2. The van der Waals surface area contributed by atoms with Gasteiger partial charge in [0.15, 0.2) is 0 Å². The highest BCUT2D eigenvalue weighted by Gasteiger charge is 2.21. The highest BCUT2D eigenvalue weighted by atomic mass is 35.5. The zero-order valence-electron chi connectivity index (χ0n) is 13.4. The fourth-order valence-corrected chi connectivity index (χ4v) is 2.83. The molecule has 8 nitrogen and oxygen atoms in total. The molecule has 0 radical (unpaired) electrons. The Morgan fingerprint density at radius 2 is 2.16 bits per heavy atom. The van der Waals surface area contributed by atoms with E-state index < -0.39 is 0 Å². The molecule has 1 amide bonds. The third kappa shape index (κ3) is 3.95. The first kappa shape index (κ1) is 16.9. The number of piperidine rings is 1. The van der Waals surface area contributed by atoms with Crippen molar-refractivity contribution in [1.29, 1.82) is 5.26 Å². The van der Waals surface area contributed by atoms with Crippen molar-refractivity contribution in [3.8, 4) is 6.07 Å². The minimum absolute atomic E-state index is 0.0730. The van der Waals surface area contributed by atoms with Crippen LogP contribution < -0.4 is 5.32 Å². The van der Waals surface area contributed by atoms with Gasteiger partial charge in [-0.15, -0.1) is 10.2 Å². The number of tetrazole rings is 1. The summed E-state index contributed by atoms with van der Waals surface area (Å²) in [6, 6.07) is 7.02. The first-order chi connectivity index (χ1) is 12.2. The van der Waals surface area contributed by atoms with Crippen LogP contribution in [0.2, 0.25) is 5.02 Å². The van der Waals surface area contributed by atoms with E-state index in [2.05, 4.69) is 25.9 Å². The summed E-state index contributed by atoms with van der Waals surface area (Å²) in [7, 11) is 0. The van der Waals surface area contributed by atoms with Gasteiger partial charge in [0.2, 0.25) is 5.82 Å². The van der Waals surface area contributed by atoms with E-state index in [9.17, 15) is 10.1 Å². The summed E-state index contributed by atoms with van der Waals surface area (Å²) in [4.78, 5) is 14.6. The van der Waals surface area contributed by atoms with E-state index in [1.54, 1.807) is 18.2 Å². The van der Waals surface area contributed by atoms with Crippen molar-refractivity contribution in [2.75, 3.05) is 18.4 Å². The fourth-order valence-electron chi connectivity index (χ4n) is 2.66. The highest BCUT2D eigenvalue weighted by Crippen LogP contribution is 2.24. The van der Waals surface area contributed by atoms with Gasteiger partial charge >= 0.3 is 0 Å². The summed E-state index contributed by atoms with van der Waals surface area (Å²) in [5.41, 5.74) is 1.23. The number of aromatic amines is 1. The number of allylic oxidation sites excluding steroid dienone is 1. The van der Waals surface area contributed by atoms with Gasteiger partial charge in [-0.05, 0) is 42.7 Å². The molecule has 0 spiro atoms. The van der Waals surface area contributed by atoms with Gasteiger partial charge in [0.1, 0.15) is 11.6 Å². The predicted octanol–water partition coefficient (Wildman–Crippen LogP) is 2.46. The lowest BCUT2D eigenvalue weighted by atomic mass is 10.1. The number of likely N-dealkylation sites (tertiary alicyclic amines) is 1. The Balaban J connectivity index is 1.86. The molecular formula is C16H16ClN7O. The summed E-state index contributed by atoms with van der Waals surface area (Å²) in [5.74, 6) is 0.101. The standard InChI is InChI=1S/C16H16ClN7O/c17-12-4-5-14(19-10-11(9-18)15-20-22-23-21-15)13(8-12)16(25)24-6-2-1-3-7-24/h4-5,8,10,19H,1-3,6-7H2,(H,20,21,22,23). The Labute approximate surface area is 149 Å². The Bertz CT molecular complexity index is 820. The van der Waals surface area contributed by atoms with Crippen LogP contribution in [-0.2, 0) is 0 Å². The van der Waals surface area contributed by atoms with Crippen molar-refractivity contribution < 1.29 is 4.79 Å². The van der Waals surface area contributed by atoms with E-state index in [0.29, 0.717) is 16.3 Å². The van der Waals surface area contributed by atoms with Crippen molar-refractivity contribution in [3.63, 3.8) is 0 Å². The number of carbonyl (C=O) groups is 1. The number of halogens is 1. The third-order valence-electron chi connectivity index (χ3n) is 3.93. The third-order valence-corrected chi connectivity index (χ3v) is 4.17. The van der Waals surface area contributed by atoms with E-state index >= 15 is 0 Å². The topological polar surface area (TPSA) is 111 Å². The average molecular weight is 358 g/mol. The van der Waals surface area contributed by atoms with Gasteiger partial charge in [0.25, 0.3) is 5.91 Å².